The zero-order valence-corrected chi connectivity index (χ0v) is 10.9. The first-order valence-electron chi connectivity index (χ1n) is 6.57. The second-order valence-electron chi connectivity index (χ2n) is 4.71. The van der Waals surface area contributed by atoms with E-state index in [1.54, 1.807) is 12.4 Å². The first-order valence-corrected chi connectivity index (χ1v) is 6.57. The highest BCUT2D eigenvalue weighted by Crippen LogP contribution is 2.22. The molecular formula is C16H14N2O2. The zero-order chi connectivity index (χ0) is 13.8. The number of carbonyl (C=O) groups excluding carboxylic acids is 1. The summed E-state index contributed by atoms with van der Waals surface area (Å²) in [5.74, 6) is -0.584. The smallest absolute Gasteiger partial charge is 0.317 e. The number of benzene rings is 1. The Balaban J connectivity index is 1.74. The van der Waals surface area contributed by atoms with Crippen molar-refractivity contribution in [2.45, 2.75) is 12.8 Å². The van der Waals surface area contributed by atoms with Crippen molar-refractivity contribution in [3.05, 3.63) is 66.0 Å². The van der Waals surface area contributed by atoms with Crippen molar-refractivity contribution in [3.63, 3.8) is 0 Å². The van der Waals surface area contributed by atoms with Crippen LogP contribution < -0.4 is 0 Å². The van der Waals surface area contributed by atoms with Crippen LogP contribution in [0.3, 0.4) is 0 Å². The Kier molecular flexibility index (Phi) is 3.54. The van der Waals surface area contributed by atoms with Gasteiger partial charge in [-0.25, -0.2) is 4.79 Å². The van der Waals surface area contributed by atoms with E-state index in [9.17, 15) is 4.79 Å². The van der Waals surface area contributed by atoms with Gasteiger partial charge >= 0.3 is 5.97 Å². The van der Waals surface area contributed by atoms with Gasteiger partial charge in [0.15, 0.2) is 0 Å². The van der Waals surface area contributed by atoms with E-state index in [1.807, 2.05) is 30.3 Å². The minimum absolute atomic E-state index is 0.278. The van der Waals surface area contributed by atoms with Crippen molar-refractivity contribution in [1.29, 1.82) is 0 Å². The van der Waals surface area contributed by atoms with E-state index in [-0.39, 0.29) is 11.9 Å². The highest BCUT2D eigenvalue weighted by molar-refractivity contribution is 6.13. The van der Waals surface area contributed by atoms with Gasteiger partial charge in [-0.1, -0.05) is 35.5 Å². The molecule has 0 amide bonds. The molecule has 2 aromatic rings. The number of oxime groups is 1. The quantitative estimate of drug-likeness (QED) is 0.799. The molecular weight excluding hydrogens is 252 g/mol. The lowest BCUT2D eigenvalue weighted by molar-refractivity contribution is -0.143. The van der Waals surface area contributed by atoms with Gasteiger partial charge in [0.25, 0.3) is 0 Å². The Morgan fingerprint density at radius 3 is 2.70 bits per heavy atom. The molecule has 1 atom stereocenters. The summed E-state index contributed by atoms with van der Waals surface area (Å²) in [7, 11) is 0. The Morgan fingerprint density at radius 1 is 1.10 bits per heavy atom. The van der Waals surface area contributed by atoms with Gasteiger partial charge in [0.05, 0.1) is 0 Å². The van der Waals surface area contributed by atoms with Crippen molar-refractivity contribution >= 4 is 11.7 Å². The van der Waals surface area contributed by atoms with Crippen molar-refractivity contribution in [1.82, 2.24) is 4.98 Å². The van der Waals surface area contributed by atoms with E-state index in [0.29, 0.717) is 12.1 Å². The molecule has 0 N–H and O–H groups in total. The normalized spacial score (nSPS) is 17.7. The molecule has 2 heterocycles. The standard InChI is InChI=1S/C16H14N2O2/c19-16-14(9-8-12-5-2-1-3-6-12)15(18-20-16)13-7-4-10-17-11-13/h1-7,10-11,14H,8-9H2. The zero-order valence-electron chi connectivity index (χ0n) is 10.9. The summed E-state index contributed by atoms with van der Waals surface area (Å²) in [6, 6.07) is 13.8. The number of aromatic nitrogens is 1. The summed E-state index contributed by atoms with van der Waals surface area (Å²) in [6.45, 7) is 0. The number of rotatable bonds is 4. The molecule has 1 aliphatic rings. The van der Waals surface area contributed by atoms with Gasteiger partial charge in [0.1, 0.15) is 11.6 Å². The van der Waals surface area contributed by atoms with E-state index in [1.165, 1.54) is 5.56 Å². The predicted octanol–water partition coefficient (Wildman–Crippen LogP) is 2.59. The number of aryl methyl sites for hydroxylation is 1. The summed E-state index contributed by atoms with van der Waals surface area (Å²) in [5.41, 5.74) is 2.73. The fourth-order valence-electron chi connectivity index (χ4n) is 2.31. The molecule has 0 saturated heterocycles. The number of nitrogens with zero attached hydrogens (tertiary/aromatic N) is 2. The Hall–Kier alpha value is -2.49. The average Bonchev–Trinajstić information content (AvgIpc) is 2.88. The fraction of sp³-hybridized carbons (Fsp3) is 0.188. The molecule has 0 radical (unpaired) electrons. The lowest BCUT2D eigenvalue weighted by atomic mass is 9.92. The van der Waals surface area contributed by atoms with E-state index in [4.69, 9.17) is 4.84 Å². The van der Waals surface area contributed by atoms with Gasteiger partial charge in [0.2, 0.25) is 0 Å². The van der Waals surface area contributed by atoms with Gasteiger partial charge in [-0.3, -0.25) is 4.98 Å². The van der Waals surface area contributed by atoms with Crippen molar-refractivity contribution < 1.29 is 9.63 Å². The molecule has 4 heteroatoms. The Labute approximate surface area is 117 Å². The van der Waals surface area contributed by atoms with Gasteiger partial charge in [-0.05, 0) is 30.5 Å². The van der Waals surface area contributed by atoms with E-state index in [0.717, 1.165) is 12.0 Å². The molecule has 0 bridgehead atoms. The van der Waals surface area contributed by atoms with Gasteiger partial charge in [0, 0.05) is 18.0 Å². The third-order valence-electron chi connectivity index (χ3n) is 3.37. The molecule has 20 heavy (non-hydrogen) atoms. The number of hydrogen-bond donors (Lipinski definition) is 0. The third kappa shape index (κ3) is 2.59. The van der Waals surface area contributed by atoms with E-state index < -0.39 is 0 Å². The summed E-state index contributed by atoms with van der Waals surface area (Å²) in [5, 5.41) is 3.91. The predicted molar refractivity (Wildman–Crippen MR) is 75.1 cm³/mol. The van der Waals surface area contributed by atoms with E-state index >= 15 is 0 Å². The second-order valence-corrected chi connectivity index (χ2v) is 4.71. The highest BCUT2D eigenvalue weighted by Gasteiger charge is 2.33. The van der Waals surface area contributed by atoms with Crippen LogP contribution in [0.1, 0.15) is 17.5 Å². The second kappa shape index (κ2) is 5.65. The topological polar surface area (TPSA) is 51.5 Å². The van der Waals surface area contributed by atoms with Crippen LogP contribution in [-0.4, -0.2) is 16.7 Å². The molecule has 4 nitrogen and oxygen atoms in total. The lowest BCUT2D eigenvalue weighted by Crippen LogP contribution is -2.20. The molecule has 1 unspecified atom stereocenters. The summed E-state index contributed by atoms with van der Waals surface area (Å²) >= 11 is 0. The van der Waals surface area contributed by atoms with Crippen molar-refractivity contribution in [3.8, 4) is 0 Å². The Bertz CT molecular complexity index is 623. The Morgan fingerprint density at radius 2 is 1.95 bits per heavy atom. The van der Waals surface area contributed by atoms with Crippen LogP contribution in [0.4, 0.5) is 0 Å². The maximum Gasteiger partial charge on any atom is 0.344 e. The van der Waals surface area contributed by atoms with Crippen LogP contribution >= 0.6 is 0 Å². The molecule has 1 aromatic carbocycles. The molecule has 0 spiro atoms. The minimum atomic E-state index is -0.306. The molecule has 3 rings (SSSR count). The summed E-state index contributed by atoms with van der Waals surface area (Å²) < 4.78 is 0. The molecule has 1 aromatic heterocycles. The molecule has 1 aliphatic heterocycles. The number of pyridine rings is 1. The van der Waals surface area contributed by atoms with Crippen LogP contribution in [0.15, 0.2) is 60.0 Å². The maximum atomic E-state index is 11.8. The largest absolute Gasteiger partial charge is 0.344 e. The van der Waals surface area contributed by atoms with Gasteiger partial charge in [-0.2, -0.15) is 0 Å². The van der Waals surface area contributed by atoms with Crippen LogP contribution in [0.25, 0.3) is 0 Å². The van der Waals surface area contributed by atoms with Crippen molar-refractivity contribution in [2.75, 3.05) is 0 Å². The van der Waals surface area contributed by atoms with Gasteiger partial charge in [-0.15, -0.1) is 0 Å². The maximum absolute atomic E-state index is 11.8. The van der Waals surface area contributed by atoms with Gasteiger partial charge < -0.3 is 4.84 Å². The lowest BCUT2D eigenvalue weighted by Gasteiger charge is -2.08. The SMILES string of the molecule is O=C1ON=C(c2cccnc2)C1CCc1ccccc1. The average molecular weight is 266 g/mol. The van der Waals surface area contributed by atoms with Crippen LogP contribution in [0.2, 0.25) is 0 Å². The summed E-state index contributed by atoms with van der Waals surface area (Å²) in [4.78, 5) is 20.7. The third-order valence-corrected chi connectivity index (χ3v) is 3.37. The molecule has 0 saturated carbocycles. The molecule has 0 aliphatic carbocycles. The monoisotopic (exact) mass is 266 g/mol. The first kappa shape index (κ1) is 12.5. The van der Waals surface area contributed by atoms with Crippen molar-refractivity contribution in [2.24, 2.45) is 11.1 Å². The van der Waals surface area contributed by atoms with Crippen LogP contribution in [-0.2, 0) is 16.1 Å². The fourth-order valence-corrected chi connectivity index (χ4v) is 2.31. The van der Waals surface area contributed by atoms with Crippen LogP contribution in [0.5, 0.6) is 0 Å². The minimum Gasteiger partial charge on any atom is -0.317 e. The van der Waals surface area contributed by atoms with E-state index in [2.05, 4.69) is 22.3 Å². The summed E-state index contributed by atoms with van der Waals surface area (Å²) in [6.07, 6.45) is 4.91. The highest BCUT2D eigenvalue weighted by atomic mass is 16.7. The van der Waals surface area contributed by atoms with Crippen LogP contribution in [0, 0.1) is 5.92 Å². The number of carbonyl (C=O) groups is 1. The molecule has 0 fully saturated rings. The molecule has 100 valence electrons. The number of hydrogen-bond acceptors (Lipinski definition) is 4. The first-order chi connectivity index (χ1) is 9.84.